The van der Waals surface area contributed by atoms with Gasteiger partial charge in [-0.1, -0.05) is 30.3 Å². The predicted octanol–water partition coefficient (Wildman–Crippen LogP) is 2.80. The lowest BCUT2D eigenvalue weighted by Gasteiger charge is -2.31. The second-order valence-electron chi connectivity index (χ2n) is 7.23. The summed E-state index contributed by atoms with van der Waals surface area (Å²) >= 11 is 0. The quantitative estimate of drug-likeness (QED) is 0.728. The third kappa shape index (κ3) is 3.64. The molecule has 2 aromatic heterocycles. The van der Waals surface area contributed by atoms with E-state index in [1.807, 2.05) is 36.5 Å². The van der Waals surface area contributed by atoms with Crippen LogP contribution in [0.25, 0.3) is 0 Å². The summed E-state index contributed by atoms with van der Waals surface area (Å²) in [4.78, 5) is 12.7. The van der Waals surface area contributed by atoms with Gasteiger partial charge in [-0.2, -0.15) is 10.2 Å². The van der Waals surface area contributed by atoms with E-state index >= 15 is 0 Å². The number of nitrogens with zero attached hydrogens (tertiary/aromatic N) is 3. The van der Waals surface area contributed by atoms with Crippen LogP contribution in [0.1, 0.15) is 40.7 Å². The van der Waals surface area contributed by atoms with E-state index in [9.17, 15) is 4.79 Å². The lowest BCUT2D eigenvalue weighted by molar-refractivity contribution is -0.00577. The molecule has 27 heavy (non-hydrogen) atoms. The zero-order valence-electron chi connectivity index (χ0n) is 15.5. The summed E-state index contributed by atoms with van der Waals surface area (Å²) in [6.07, 6.45) is 5.85. The van der Waals surface area contributed by atoms with Crippen molar-refractivity contribution in [2.75, 3.05) is 12.4 Å². The van der Waals surface area contributed by atoms with Crippen molar-refractivity contribution in [2.45, 2.75) is 38.3 Å². The number of nitrogens with one attached hydrogen (secondary N) is 2. The van der Waals surface area contributed by atoms with Gasteiger partial charge in [-0.25, -0.2) is 0 Å². The number of carbonyl (C=O) groups is 1. The Hall–Kier alpha value is -2.93. The Morgan fingerprint density at radius 3 is 2.96 bits per heavy atom. The van der Waals surface area contributed by atoms with E-state index in [1.165, 1.54) is 0 Å². The van der Waals surface area contributed by atoms with E-state index in [2.05, 4.69) is 27.5 Å². The molecule has 1 atom stereocenters. The summed E-state index contributed by atoms with van der Waals surface area (Å²) in [6.45, 7) is 2.74. The van der Waals surface area contributed by atoms with Crippen LogP contribution in [0.5, 0.6) is 0 Å². The molecule has 7 heteroatoms. The number of hydrogen-bond donors (Lipinski definition) is 2. The zero-order chi connectivity index (χ0) is 18.9. The minimum atomic E-state index is -0.215. The largest absolute Gasteiger partial charge is 0.378 e. The summed E-state index contributed by atoms with van der Waals surface area (Å²) in [6, 6.07) is 10.1. The van der Waals surface area contributed by atoms with Crippen LogP contribution < -0.4 is 5.32 Å². The zero-order valence-corrected chi connectivity index (χ0v) is 15.5. The fourth-order valence-electron chi connectivity index (χ4n) is 3.51. The lowest BCUT2D eigenvalue weighted by atomic mass is 9.84. The second kappa shape index (κ2) is 7.00. The molecule has 140 valence electrons. The van der Waals surface area contributed by atoms with Crippen molar-refractivity contribution in [1.82, 2.24) is 20.0 Å². The molecule has 0 saturated heterocycles. The van der Waals surface area contributed by atoms with Crippen molar-refractivity contribution in [3.8, 4) is 0 Å². The highest BCUT2D eigenvalue weighted by Crippen LogP contribution is 2.31. The summed E-state index contributed by atoms with van der Waals surface area (Å²) in [5.41, 5.74) is 4.03. The lowest BCUT2D eigenvalue weighted by Crippen LogP contribution is -2.34. The van der Waals surface area contributed by atoms with Crippen LogP contribution >= 0.6 is 0 Å². The highest BCUT2D eigenvalue weighted by molar-refractivity contribution is 6.03. The van der Waals surface area contributed by atoms with Gasteiger partial charge in [0.05, 0.1) is 24.0 Å². The first kappa shape index (κ1) is 17.5. The molecular weight excluding hydrogens is 342 g/mol. The molecule has 0 fully saturated rings. The maximum atomic E-state index is 12.7. The average molecular weight is 365 g/mol. The van der Waals surface area contributed by atoms with Gasteiger partial charge in [0.2, 0.25) is 0 Å². The summed E-state index contributed by atoms with van der Waals surface area (Å²) < 4.78 is 7.39. The van der Waals surface area contributed by atoms with Gasteiger partial charge in [-0.05, 0) is 25.3 Å². The van der Waals surface area contributed by atoms with E-state index in [-0.39, 0.29) is 11.5 Å². The Morgan fingerprint density at radius 1 is 1.37 bits per heavy atom. The van der Waals surface area contributed by atoms with E-state index in [1.54, 1.807) is 18.0 Å². The molecule has 0 aliphatic heterocycles. The topological polar surface area (TPSA) is 84.8 Å². The number of aromatic amines is 1. The van der Waals surface area contributed by atoms with Crippen molar-refractivity contribution in [1.29, 1.82) is 0 Å². The molecule has 0 radical (unpaired) electrons. The number of benzene rings is 1. The maximum absolute atomic E-state index is 12.7. The fourth-order valence-corrected chi connectivity index (χ4v) is 3.51. The highest BCUT2D eigenvalue weighted by Gasteiger charge is 2.33. The molecule has 1 amide bonds. The highest BCUT2D eigenvalue weighted by atomic mass is 16.5. The minimum absolute atomic E-state index is 0.203. The van der Waals surface area contributed by atoms with Gasteiger partial charge in [0.15, 0.2) is 5.69 Å². The Bertz CT molecular complexity index is 946. The van der Waals surface area contributed by atoms with E-state index < -0.39 is 0 Å². The number of H-pyrrole nitrogens is 1. The Kier molecular flexibility index (Phi) is 4.53. The Labute approximate surface area is 157 Å². The van der Waals surface area contributed by atoms with Crippen LogP contribution in [0.4, 0.5) is 5.69 Å². The number of ether oxygens (including phenoxy) is 1. The van der Waals surface area contributed by atoms with E-state index in [0.29, 0.717) is 17.9 Å². The summed E-state index contributed by atoms with van der Waals surface area (Å²) in [5.74, 6) is -0.215. The SMILES string of the molecule is COC1(C)CCc2c(C(=O)Nc3cnn(Cc4ccccc4)c3)n[nH]c2C1. The van der Waals surface area contributed by atoms with Crippen LogP contribution in [-0.4, -0.2) is 38.6 Å². The first-order chi connectivity index (χ1) is 13.1. The fraction of sp³-hybridized carbons (Fsp3) is 0.350. The first-order valence-corrected chi connectivity index (χ1v) is 9.05. The van der Waals surface area contributed by atoms with Gasteiger partial charge in [0, 0.05) is 31.0 Å². The minimum Gasteiger partial charge on any atom is -0.378 e. The predicted molar refractivity (Wildman–Crippen MR) is 102 cm³/mol. The normalized spacial score (nSPS) is 18.9. The van der Waals surface area contributed by atoms with Crippen molar-refractivity contribution in [3.05, 3.63) is 65.2 Å². The molecule has 1 aromatic carbocycles. The molecule has 0 spiro atoms. The van der Waals surface area contributed by atoms with Gasteiger partial charge < -0.3 is 10.1 Å². The molecule has 2 heterocycles. The van der Waals surface area contributed by atoms with Crippen molar-refractivity contribution >= 4 is 11.6 Å². The van der Waals surface area contributed by atoms with E-state index in [4.69, 9.17) is 4.74 Å². The molecule has 1 aliphatic rings. The van der Waals surface area contributed by atoms with Crippen molar-refractivity contribution in [3.63, 3.8) is 0 Å². The number of aromatic nitrogens is 4. The number of carbonyl (C=O) groups excluding carboxylic acids is 1. The molecule has 7 nitrogen and oxygen atoms in total. The molecular formula is C20H23N5O2. The Morgan fingerprint density at radius 2 is 2.19 bits per heavy atom. The number of hydrogen-bond acceptors (Lipinski definition) is 4. The van der Waals surface area contributed by atoms with Crippen LogP contribution in [0.3, 0.4) is 0 Å². The van der Waals surface area contributed by atoms with Crippen molar-refractivity contribution < 1.29 is 9.53 Å². The van der Waals surface area contributed by atoms with Gasteiger partial charge in [0.1, 0.15) is 0 Å². The van der Waals surface area contributed by atoms with Crippen LogP contribution in [0.2, 0.25) is 0 Å². The number of rotatable bonds is 5. The van der Waals surface area contributed by atoms with E-state index in [0.717, 1.165) is 36.1 Å². The third-order valence-electron chi connectivity index (χ3n) is 5.19. The standard InChI is InChI=1S/C20H23N5O2/c1-20(27-2)9-8-16-17(10-20)23-24-18(16)19(26)22-15-11-21-25(13-15)12-14-6-4-3-5-7-14/h3-7,11,13H,8-10,12H2,1-2H3,(H,22,26)(H,23,24). The summed E-state index contributed by atoms with van der Waals surface area (Å²) in [7, 11) is 1.72. The first-order valence-electron chi connectivity index (χ1n) is 9.05. The molecule has 0 saturated carbocycles. The molecule has 3 aromatic rings. The van der Waals surface area contributed by atoms with Crippen molar-refractivity contribution in [2.24, 2.45) is 0 Å². The molecule has 4 rings (SSSR count). The van der Waals surface area contributed by atoms with Gasteiger partial charge in [-0.15, -0.1) is 0 Å². The Balaban J connectivity index is 1.45. The van der Waals surface area contributed by atoms with Crippen LogP contribution in [-0.2, 0) is 24.1 Å². The van der Waals surface area contributed by atoms with Gasteiger partial charge in [-0.3, -0.25) is 14.6 Å². The molecule has 1 unspecified atom stereocenters. The van der Waals surface area contributed by atoms with Crippen LogP contribution in [0, 0.1) is 0 Å². The van der Waals surface area contributed by atoms with Crippen LogP contribution in [0.15, 0.2) is 42.7 Å². The maximum Gasteiger partial charge on any atom is 0.276 e. The monoisotopic (exact) mass is 365 g/mol. The second-order valence-corrected chi connectivity index (χ2v) is 7.23. The van der Waals surface area contributed by atoms with Gasteiger partial charge >= 0.3 is 0 Å². The molecule has 0 bridgehead atoms. The number of methoxy groups -OCH3 is 1. The number of amides is 1. The molecule has 1 aliphatic carbocycles. The summed E-state index contributed by atoms with van der Waals surface area (Å²) in [5, 5.41) is 14.5. The number of fused-ring (bicyclic) bond motifs is 1. The molecule has 2 N–H and O–H groups in total. The average Bonchev–Trinajstić information content (AvgIpc) is 3.29. The smallest absolute Gasteiger partial charge is 0.276 e. The third-order valence-corrected chi connectivity index (χ3v) is 5.19. The van der Waals surface area contributed by atoms with Gasteiger partial charge in [0.25, 0.3) is 5.91 Å². The number of anilines is 1.